The number of carbonyl (C=O) groups excluding carboxylic acids is 1. The first kappa shape index (κ1) is 15.7. The molecular formula is C14H23N5O2. The Hall–Kier alpha value is -1.73. The van der Waals surface area contributed by atoms with Gasteiger partial charge in [0.2, 0.25) is 0 Å². The molecule has 4 N–H and O–H groups in total. The molecule has 7 nitrogen and oxygen atoms in total. The molecule has 0 saturated carbocycles. The van der Waals surface area contributed by atoms with Crippen LogP contribution >= 0.6 is 0 Å². The van der Waals surface area contributed by atoms with Gasteiger partial charge in [-0.2, -0.15) is 0 Å². The summed E-state index contributed by atoms with van der Waals surface area (Å²) in [6, 6.07) is -0.144. The summed E-state index contributed by atoms with van der Waals surface area (Å²) in [6.07, 6.45) is 4.32. The number of nitrogens with zero attached hydrogens (tertiary/aromatic N) is 3. The van der Waals surface area contributed by atoms with E-state index in [1.165, 1.54) is 6.20 Å². The summed E-state index contributed by atoms with van der Waals surface area (Å²) in [6.45, 7) is 4.54. The van der Waals surface area contributed by atoms with Gasteiger partial charge in [-0.15, -0.1) is 0 Å². The van der Waals surface area contributed by atoms with Crippen LogP contribution in [0, 0.1) is 0 Å². The minimum Gasteiger partial charge on any atom is -0.394 e. The zero-order valence-corrected chi connectivity index (χ0v) is 12.5. The molecule has 7 heteroatoms. The van der Waals surface area contributed by atoms with E-state index in [2.05, 4.69) is 15.4 Å². The number of hydrogen-bond donors (Lipinski definition) is 3. The number of aliphatic hydroxyl groups excluding tert-OH is 1. The Morgan fingerprint density at radius 1 is 1.57 bits per heavy atom. The maximum Gasteiger partial charge on any atom is 0.275 e. The number of nitrogens with two attached hydrogens (primary N) is 1. The Balaban J connectivity index is 2.34. The van der Waals surface area contributed by atoms with Gasteiger partial charge in [0.15, 0.2) is 5.69 Å². The fraction of sp³-hybridized carbons (Fsp3) is 0.643. The lowest BCUT2D eigenvalue weighted by atomic mass is 10.0. The number of likely N-dealkylation sites (tertiary alicyclic amines) is 1. The van der Waals surface area contributed by atoms with Crippen LogP contribution in [-0.4, -0.2) is 45.1 Å². The summed E-state index contributed by atoms with van der Waals surface area (Å²) in [5, 5.41) is 9.46. The smallest absolute Gasteiger partial charge is 0.275 e. The molecule has 1 atom stereocenters. The van der Waals surface area contributed by atoms with Crippen LogP contribution < -0.4 is 11.3 Å². The van der Waals surface area contributed by atoms with E-state index in [1.54, 1.807) is 4.90 Å². The third kappa shape index (κ3) is 3.30. The highest BCUT2D eigenvalue weighted by atomic mass is 16.3. The SMILES string of the molecule is CC(C)c1ncc(NN)c(C(=O)N2CCCCC2CO)n1. The van der Waals surface area contributed by atoms with Crippen LogP contribution in [0.4, 0.5) is 5.69 Å². The van der Waals surface area contributed by atoms with Crippen molar-refractivity contribution in [1.82, 2.24) is 14.9 Å². The average Bonchev–Trinajstić information content (AvgIpc) is 2.53. The van der Waals surface area contributed by atoms with Gasteiger partial charge in [-0.05, 0) is 19.3 Å². The third-order valence-corrected chi connectivity index (χ3v) is 3.78. The molecule has 1 aromatic heterocycles. The number of hydrogen-bond acceptors (Lipinski definition) is 6. The Morgan fingerprint density at radius 3 is 2.95 bits per heavy atom. The van der Waals surface area contributed by atoms with Gasteiger partial charge in [0.25, 0.3) is 5.91 Å². The highest BCUT2D eigenvalue weighted by molar-refractivity contribution is 5.97. The van der Waals surface area contributed by atoms with Crippen LogP contribution in [0.3, 0.4) is 0 Å². The van der Waals surface area contributed by atoms with Crippen molar-refractivity contribution < 1.29 is 9.90 Å². The van der Waals surface area contributed by atoms with E-state index >= 15 is 0 Å². The molecule has 1 amide bonds. The number of anilines is 1. The van der Waals surface area contributed by atoms with Crippen LogP contribution in [0.2, 0.25) is 0 Å². The number of amides is 1. The van der Waals surface area contributed by atoms with Crippen molar-refractivity contribution in [2.45, 2.75) is 45.1 Å². The molecule has 1 unspecified atom stereocenters. The number of piperidine rings is 1. The maximum atomic E-state index is 12.8. The lowest BCUT2D eigenvalue weighted by Gasteiger charge is -2.34. The molecule has 116 valence electrons. The minimum atomic E-state index is -0.203. The quantitative estimate of drug-likeness (QED) is 0.562. The summed E-state index contributed by atoms with van der Waals surface area (Å²) in [7, 11) is 0. The van der Waals surface area contributed by atoms with Crippen LogP contribution in [0.15, 0.2) is 6.20 Å². The number of rotatable bonds is 4. The molecular weight excluding hydrogens is 270 g/mol. The molecule has 1 saturated heterocycles. The molecule has 21 heavy (non-hydrogen) atoms. The lowest BCUT2D eigenvalue weighted by molar-refractivity contribution is 0.0498. The molecule has 1 aromatic rings. The van der Waals surface area contributed by atoms with E-state index in [0.29, 0.717) is 18.1 Å². The summed E-state index contributed by atoms with van der Waals surface area (Å²) < 4.78 is 0. The largest absolute Gasteiger partial charge is 0.394 e. The van der Waals surface area contributed by atoms with Gasteiger partial charge in [0.1, 0.15) is 5.82 Å². The van der Waals surface area contributed by atoms with Crippen LogP contribution in [0.5, 0.6) is 0 Å². The minimum absolute atomic E-state index is 0.0285. The average molecular weight is 293 g/mol. The van der Waals surface area contributed by atoms with Crippen molar-refractivity contribution in [2.75, 3.05) is 18.6 Å². The monoisotopic (exact) mass is 293 g/mol. The second kappa shape index (κ2) is 6.82. The second-order valence-electron chi connectivity index (χ2n) is 5.62. The van der Waals surface area contributed by atoms with Crippen molar-refractivity contribution in [3.63, 3.8) is 0 Å². The Bertz CT molecular complexity index is 506. The predicted octanol–water partition coefficient (Wildman–Crippen LogP) is 0.873. The molecule has 0 bridgehead atoms. The Kier molecular flexibility index (Phi) is 5.08. The maximum absolute atomic E-state index is 12.8. The van der Waals surface area contributed by atoms with E-state index in [-0.39, 0.29) is 30.2 Å². The number of carbonyl (C=O) groups is 1. The highest BCUT2D eigenvalue weighted by Gasteiger charge is 2.29. The number of aromatic nitrogens is 2. The lowest BCUT2D eigenvalue weighted by Crippen LogP contribution is -2.46. The van der Waals surface area contributed by atoms with Gasteiger partial charge in [0.05, 0.1) is 24.5 Å². The van der Waals surface area contributed by atoms with Crippen molar-refractivity contribution in [3.8, 4) is 0 Å². The molecule has 1 fully saturated rings. The summed E-state index contributed by atoms with van der Waals surface area (Å²) in [4.78, 5) is 23.0. The highest BCUT2D eigenvalue weighted by Crippen LogP contribution is 2.22. The van der Waals surface area contributed by atoms with Crippen LogP contribution in [-0.2, 0) is 0 Å². The van der Waals surface area contributed by atoms with Crippen LogP contribution in [0.25, 0.3) is 0 Å². The van der Waals surface area contributed by atoms with Crippen molar-refractivity contribution in [2.24, 2.45) is 5.84 Å². The molecule has 2 rings (SSSR count). The normalized spacial score (nSPS) is 18.9. The zero-order chi connectivity index (χ0) is 15.4. The Morgan fingerprint density at radius 2 is 2.33 bits per heavy atom. The zero-order valence-electron chi connectivity index (χ0n) is 12.5. The summed E-state index contributed by atoms with van der Waals surface area (Å²) in [5.41, 5.74) is 3.16. The van der Waals surface area contributed by atoms with Gasteiger partial charge < -0.3 is 15.4 Å². The van der Waals surface area contributed by atoms with E-state index in [1.807, 2.05) is 13.8 Å². The molecule has 2 heterocycles. The van der Waals surface area contributed by atoms with Gasteiger partial charge in [-0.25, -0.2) is 9.97 Å². The second-order valence-corrected chi connectivity index (χ2v) is 5.62. The number of hydrazine groups is 1. The fourth-order valence-electron chi connectivity index (χ4n) is 2.54. The first-order valence-corrected chi connectivity index (χ1v) is 7.33. The van der Waals surface area contributed by atoms with Crippen molar-refractivity contribution in [1.29, 1.82) is 0 Å². The molecule has 0 aliphatic carbocycles. The predicted molar refractivity (Wildman–Crippen MR) is 79.7 cm³/mol. The number of aliphatic hydroxyl groups is 1. The first-order valence-electron chi connectivity index (χ1n) is 7.33. The van der Waals surface area contributed by atoms with Crippen molar-refractivity contribution in [3.05, 3.63) is 17.7 Å². The van der Waals surface area contributed by atoms with Crippen molar-refractivity contribution >= 4 is 11.6 Å². The topological polar surface area (TPSA) is 104 Å². The van der Waals surface area contributed by atoms with Gasteiger partial charge in [-0.1, -0.05) is 13.8 Å². The molecule has 0 spiro atoms. The van der Waals surface area contributed by atoms with Gasteiger partial charge in [-0.3, -0.25) is 10.6 Å². The summed E-state index contributed by atoms with van der Waals surface area (Å²) in [5.74, 6) is 5.99. The standard InChI is InChI=1S/C14H23N5O2/c1-9(2)13-16-7-11(18-15)12(17-13)14(21)19-6-4-3-5-10(19)8-20/h7,9-10,18,20H,3-6,8,15H2,1-2H3. The molecule has 0 radical (unpaired) electrons. The van der Waals surface area contributed by atoms with E-state index in [4.69, 9.17) is 5.84 Å². The summed E-state index contributed by atoms with van der Waals surface area (Å²) >= 11 is 0. The molecule has 1 aliphatic rings. The number of nitrogen functional groups attached to an aromatic ring is 1. The van der Waals surface area contributed by atoms with Gasteiger partial charge in [0, 0.05) is 12.5 Å². The molecule has 0 aromatic carbocycles. The first-order chi connectivity index (χ1) is 10.1. The van der Waals surface area contributed by atoms with Crippen LogP contribution in [0.1, 0.15) is 55.3 Å². The Labute approximate surface area is 124 Å². The third-order valence-electron chi connectivity index (χ3n) is 3.78. The van der Waals surface area contributed by atoms with E-state index < -0.39 is 0 Å². The number of nitrogens with one attached hydrogen (secondary N) is 1. The molecule has 1 aliphatic heterocycles. The fourth-order valence-corrected chi connectivity index (χ4v) is 2.54. The van der Waals surface area contributed by atoms with Gasteiger partial charge >= 0.3 is 0 Å². The van der Waals surface area contributed by atoms with E-state index in [9.17, 15) is 9.90 Å². The van der Waals surface area contributed by atoms with E-state index in [0.717, 1.165) is 19.3 Å².